The van der Waals surface area contributed by atoms with Gasteiger partial charge in [-0.05, 0) is 13.0 Å². The monoisotopic (exact) mass is 472 g/mol. The molecule has 0 aliphatic carbocycles. The predicted molar refractivity (Wildman–Crippen MR) is 146 cm³/mol. The van der Waals surface area contributed by atoms with Gasteiger partial charge in [0.15, 0.2) is 0 Å². The van der Waals surface area contributed by atoms with E-state index in [-0.39, 0.29) is 0 Å². The van der Waals surface area contributed by atoms with E-state index < -0.39 is 0 Å². The summed E-state index contributed by atoms with van der Waals surface area (Å²) in [5, 5.41) is 5.25. The van der Waals surface area contributed by atoms with Gasteiger partial charge in [-0.25, -0.2) is 4.98 Å². The van der Waals surface area contributed by atoms with Crippen LogP contribution >= 0.6 is 0 Å². The van der Waals surface area contributed by atoms with Gasteiger partial charge >= 0.3 is 0 Å². The SMILES string of the molecule is C#C.C/C=c1/ncc(-c2ccccc2)n/c1=C/CN(CCNC(C)C)c1cc(OC)cc(OC)c1. The lowest BCUT2D eigenvalue weighted by Gasteiger charge is -2.25. The number of rotatable bonds is 10. The molecule has 0 fully saturated rings. The first kappa shape index (κ1) is 27.4. The molecule has 35 heavy (non-hydrogen) atoms. The van der Waals surface area contributed by atoms with Gasteiger partial charge in [0.05, 0.1) is 36.8 Å². The number of terminal acetylenes is 1. The normalized spacial score (nSPS) is 11.7. The molecule has 2 aromatic carbocycles. The maximum absolute atomic E-state index is 5.49. The Balaban J connectivity index is 0.00000210. The van der Waals surface area contributed by atoms with E-state index in [0.717, 1.165) is 52.2 Å². The number of hydrogen-bond acceptors (Lipinski definition) is 6. The van der Waals surface area contributed by atoms with Crippen molar-refractivity contribution in [3.8, 4) is 35.6 Å². The second kappa shape index (κ2) is 14.4. The van der Waals surface area contributed by atoms with E-state index in [0.29, 0.717) is 12.6 Å². The highest BCUT2D eigenvalue weighted by molar-refractivity contribution is 5.59. The molecule has 6 nitrogen and oxygen atoms in total. The topological polar surface area (TPSA) is 59.5 Å². The summed E-state index contributed by atoms with van der Waals surface area (Å²) >= 11 is 0. The van der Waals surface area contributed by atoms with Crippen LogP contribution in [0.15, 0.2) is 54.7 Å². The zero-order valence-corrected chi connectivity index (χ0v) is 21.4. The summed E-state index contributed by atoms with van der Waals surface area (Å²) in [7, 11) is 3.34. The van der Waals surface area contributed by atoms with Crippen molar-refractivity contribution in [3.63, 3.8) is 0 Å². The van der Waals surface area contributed by atoms with Crippen LogP contribution in [-0.2, 0) is 0 Å². The Morgan fingerprint density at radius 2 is 1.66 bits per heavy atom. The van der Waals surface area contributed by atoms with Gasteiger partial charge < -0.3 is 19.7 Å². The van der Waals surface area contributed by atoms with E-state index in [1.54, 1.807) is 14.2 Å². The molecule has 0 spiro atoms. The molecule has 1 heterocycles. The van der Waals surface area contributed by atoms with Gasteiger partial charge in [0.1, 0.15) is 11.5 Å². The molecule has 0 bridgehead atoms. The van der Waals surface area contributed by atoms with Crippen LogP contribution in [0.2, 0.25) is 0 Å². The molecule has 0 amide bonds. The third-order valence-corrected chi connectivity index (χ3v) is 5.31. The summed E-state index contributed by atoms with van der Waals surface area (Å²) in [6, 6.07) is 16.5. The van der Waals surface area contributed by atoms with Crippen LogP contribution in [0, 0.1) is 12.8 Å². The molecule has 1 N–H and O–H groups in total. The molecule has 0 radical (unpaired) electrons. The Labute approximate surface area is 209 Å². The lowest BCUT2D eigenvalue weighted by Crippen LogP contribution is -2.37. The largest absolute Gasteiger partial charge is 0.497 e. The fourth-order valence-electron chi connectivity index (χ4n) is 3.52. The molecule has 3 rings (SSSR count). The van der Waals surface area contributed by atoms with E-state index in [9.17, 15) is 0 Å². The highest BCUT2D eigenvalue weighted by Crippen LogP contribution is 2.28. The van der Waals surface area contributed by atoms with Gasteiger partial charge in [0, 0.05) is 55.1 Å². The van der Waals surface area contributed by atoms with Crippen LogP contribution in [0.5, 0.6) is 11.5 Å². The molecule has 1 aromatic heterocycles. The smallest absolute Gasteiger partial charge is 0.124 e. The molecule has 0 unspecified atom stereocenters. The van der Waals surface area contributed by atoms with Crippen molar-refractivity contribution in [2.75, 3.05) is 38.8 Å². The number of benzene rings is 2. The number of hydrogen-bond donors (Lipinski definition) is 1. The Kier molecular flexibility index (Phi) is 11.3. The first-order valence-corrected chi connectivity index (χ1v) is 11.6. The van der Waals surface area contributed by atoms with Gasteiger partial charge in [0.2, 0.25) is 0 Å². The second-order valence-corrected chi connectivity index (χ2v) is 8.01. The van der Waals surface area contributed by atoms with Crippen molar-refractivity contribution < 1.29 is 9.47 Å². The Bertz CT molecular complexity index is 1170. The Hall–Kier alpha value is -3.82. The fraction of sp³-hybridized carbons (Fsp3) is 0.310. The fourth-order valence-corrected chi connectivity index (χ4v) is 3.52. The first-order valence-electron chi connectivity index (χ1n) is 11.6. The van der Waals surface area contributed by atoms with Crippen molar-refractivity contribution in [3.05, 3.63) is 65.4 Å². The average Bonchev–Trinajstić information content (AvgIpc) is 2.91. The van der Waals surface area contributed by atoms with Gasteiger partial charge in [0.25, 0.3) is 0 Å². The highest BCUT2D eigenvalue weighted by atomic mass is 16.5. The summed E-state index contributed by atoms with van der Waals surface area (Å²) in [5.41, 5.74) is 2.95. The summed E-state index contributed by atoms with van der Waals surface area (Å²) in [4.78, 5) is 11.8. The minimum Gasteiger partial charge on any atom is -0.497 e. The average molecular weight is 473 g/mol. The summed E-state index contributed by atoms with van der Waals surface area (Å²) < 4.78 is 11.0. The van der Waals surface area contributed by atoms with Crippen molar-refractivity contribution in [2.45, 2.75) is 26.8 Å². The van der Waals surface area contributed by atoms with E-state index in [1.807, 2.05) is 55.6 Å². The zero-order chi connectivity index (χ0) is 25.6. The van der Waals surface area contributed by atoms with Crippen LogP contribution in [-0.4, -0.2) is 49.9 Å². The van der Waals surface area contributed by atoms with E-state index >= 15 is 0 Å². The molecular weight excluding hydrogens is 436 g/mol. The molecule has 0 aliphatic heterocycles. The number of anilines is 1. The lowest BCUT2D eigenvalue weighted by atomic mass is 10.1. The summed E-state index contributed by atoms with van der Waals surface area (Å²) in [6.07, 6.45) is 14.0. The van der Waals surface area contributed by atoms with Crippen molar-refractivity contribution >= 4 is 17.8 Å². The van der Waals surface area contributed by atoms with Crippen molar-refractivity contribution in [1.82, 2.24) is 15.3 Å². The van der Waals surface area contributed by atoms with E-state index in [4.69, 9.17) is 14.5 Å². The van der Waals surface area contributed by atoms with Crippen LogP contribution in [0.25, 0.3) is 23.4 Å². The number of ether oxygens (including phenoxy) is 2. The first-order chi connectivity index (χ1) is 17.0. The maximum atomic E-state index is 5.49. The minimum atomic E-state index is 0.422. The molecule has 184 valence electrons. The van der Waals surface area contributed by atoms with Crippen molar-refractivity contribution in [1.29, 1.82) is 0 Å². The molecule has 0 saturated heterocycles. The van der Waals surface area contributed by atoms with Gasteiger partial charge in [-0.1, -0.05) is 50.3 Å². The number of nitrogens with one attached hydrogen (secondary N) is 1. The maximum Gasteiger partial charge on any atom is 0.124 e. The number of nitrogens with zero attached hydrogens (tertiary/aromatic N) is 3. The van der Waals surface area contributed by atoms with Crippen molar-refractivity contribution in [2.24, 2.45) is 0 Å². The predicted octanol–water partition coefficient (Wildman–Crippen LogP) is 3.50. The number of aromatic nitrogens is 2. The van der Waals surface area contributed by atoms with Gasteiger partial charge in [-0.2, -0.15) is 0 Å². The van der Waals surface area contributed by atoms with E-state index in [2.05, 4.69) is 60.1 Å². The molecule has 0 saturated carbocycles. The second-order valence-electron chi connectivity index (χ2n) is 8.01. The Morgan fingerprint density at radius 1 is 1.00 bits per heavy atom. The number of methoxy groups -OCH3 is 2. The quantitative estimate of drug-likeness (QED) is 0.456. The minimum absolute atomic E-state index is 0.422. The summed E-state index contributed by atoms with van der Waals surface area (Å²) in [6.45, 7) is 8.64. The third kappa shape index (κ3) is 8.16. The molecule has 0 atom stereocenters. The molecule has 6 heteroatoms. The van der Waals surface area contributed by atoms with Crippen LogP contribution in [0.1, 0.15) is 20.8 Å². The summed E-state index contributed by atoms with van der Waals surface area (Å²) in [5.74, 6) is 1.53. The van der Waals surface area contributed by atoms with Crippen LogP contribution in [0.4, 0.5) is 5.69 Å². The van der Waals surface area contributed by atoms with Gasteiger partial charge in [-0.15, -0.1) is 12.8 Å². The van der Waals surface area contributed by atoms with Gasteiger partial charge in [-0.3, -0.25) is 4.98 Å². The lowest BCUT2D eigenvalue weighted by molar-refractivity contribution is 0.394. The zero-order valence-electron chi connectivity index (χ0n) is 21.4. The van der Waals surface area contributed by atoms with Crippen LogP contribution in [0.3, 0.4) is 0 Å². The highest BCUT2D eigenvalue weighted by Gasteiger charge is 2.10. The molecule has 3 aromatic rings. The molecule has 0 aliphatic rings. The van der Waals surface area contributed by atoms with E-state index in [1.165, 1.54) is 0 Å². The molecular formula is C29H36N4O2. The van der Waals surface area contributed by atoms with Crippen LogP contribution < -0.4 is 30.4 Å². The Morgan fingerprint density at radius 3 is 2.23 bits per heavy atom. The standard InChI is InChI=1S/C27H34N4O2.C2H2/c1-6-25-26(30-27(19-29-25)21-10-8-7-9-11-21)12-14-31(15-13-28-20(2)3)22-16-23(32-4)18-24(17-22)33-5;1-2/h6-12,16-20,28H,13-15H2,1-5H3;1-2H/b25-6+,26-12+;. The third-order valence-electron chi connectivity index (χ3n) is 5.31.